The molecule has 0 aliphatic carbocycles. The molecule has 2 rings (SSSR count). The molecule has 6 heteroatoms. The van der Waals surface area contributed by atoms with Gasteiger partial charge in [0.15, 0.2) is 0 Å². The summed E-state index contributed by atoms with van der Waals surface area (Å²) in [5.41, 5.74) is 1.94. The monoisotopic (exact) mass is 360 g/mol. The SMILES string of the molecule is CCCNC(=O)c1ccc(S(=O)(=O)Nc2ccccc2C(C)C)cc1. The highest BCUT2D eigenvalue weighted by Gasteiger charge is 2.17. The van der Waals surface area contributed by atoms with E-state index in [2.05, 4.69) is 10.0 Å². The first-order valence-corrected chi connectivity index (χ1v) is 9.83. The molecular weight excluding hydrogens is 336 g/mol. The summed E-state index contributed by atoms with van der Waals surface area (Å²) < 4.78 is 27.9. The van der Waals surface area contributed by atoms with Crippen LogP contribution in [0.4, 0.5) is 5.69 Å². The molecule has 2 aromatic rings. The zero-order chi connectivity index (χ0) is 18.4. The lowest BCUT2D eigenvalue weighted by molar-refractivity contribution is 0.0953. The molecule has 134 valence electrons. The normalized spacial score (nSPS) is 11.4. The standard InChI is InChI=1S/C19H24N2O3S/c1-4-13-20-19(22)15-9-11-16(12-10-15)25(23,24)21-18-8-6-5-7-17(18)14(2)3/h5-12,14,21H,4,13H2,1-3H3,(H,20,22). The molecule has 0 saturated heterocycles. The number of carbonyl (C=O) groups is 1. The topological polar surface area (TPSA) is 75.3 Å². The van der Waals surface area contributed by atoms with Crippen LogP contribution in [0.15, 0.2) is 53.4 Å². The predicted molar refractivity (Wildman–Crippen MR) is 100 cm³/mol. The fourth-order valence-corrected chi connectivity index (χ4v) is 3.51. The van der Waals surface area contributed by atoms with Crippen LogP contribution in [0.3, 0.4) is 0 Å². The number of para-hydroxylation sites is 1. The van der Waals surface area contributed by atoms with E-state index in [4.69, 9.17) is 0 Å². The van der Waals surface area contributed by atoms with Crippen LogP contribution in [0, 0.1) is 0 Å². The first kappa shape index (κ1) is 19.0. The van der Waals surface area contributed by atoms with Gasteiger partial charge in [0.1, 0.15) is 0 Å². The maximum absolute atomic E-state index is 12.6. The molecular formula is C19H24N2O3S. The number of sulfonamides is 1. The van der Waals surface area contributed by atoms with E-state index >= 15 is 0 Å². The Kier molecular flexibility index (Phi) is 6.20. The number of anilines is 1. The molecule has 2 aromatic carbocycles. The van der Waals surface area contributed by atoms with Gasteiger partial charge in [-0.3, -0.25) is 9.52 Å². The number of benzene rings is 2. The van der Waals surface area contributed by atoms with Gasteiger partial charge in [0.25, 0.3) is 15.9 Å². The Hall–Kier alpha value is -2.34. The lowest BCUT2D eigenvalue weighted by atomic mass is 10.0. The summed E-state index contributed by atoms with van der Waals surface area (Å²) in [7, 11) is -3.71. The molecule has 0 aromatic heterocycles. The second kappa shape index (κ2) is 8.16. The minimum Gasteiger partial charge on any atom is -0.352 e. The van der Waals surface area contributed by atoms with Crippen LogP contribution in [0.5, 0.6) is 0 Å². The Bertz CT molecular complexity index is 828. The molecule has 2 N–H and O–H groups in total. The highest BCUT2D eigenvalue weighted by Crippen LogP contribution is 2.26. The van der Waals surface area contributed by atoms with E-state index in [1.165, 1.54) is 24.3 Å². The number of carbonyl (C=O) groups excluding carboxylic acids is 1. The molecule has 0 saturated carbocycles. The highest BCUT2D eigenvalue weighted by atomic mass is 32.2. The van der Waals surface area contributed by atoms with E-state index in [9.17, 15) is 13.2 Å². The number of nitrogens with one attached hydrogen (secondary N) is 2. The quantitative estimate of drug-likeness (QED) is 0.789. The van der Waals surface area contributed by atoms with Gasteiger partial charge in [-0.05, 0) is 48.2 Å². The van der Waals surface area contributed by atoms with Crippen LogP contribution in [0.25, 0.3) is 0 Å². The first-order valence-electron chi connectivity index (χ1n) is 8.35. The molecule has 0 unspecified atom stereocenters. The Morgan fingerprint density at radius 2 is 1.68 bits per heavy atom. The van der Waals surface area contributed by atoms with E-state index in [1.807, 2.05) is 32.9 Å². The highest BCUT2D eigenvalue weighted by molar-refractivity contribution is 7.92. The summed E-state index contributed by atoms with van der Waals surface area (Å²) >= 11 is 0. The van der Waals surface area contributed by atoms with Crippen molar-refractivity contribution in [3.05, 3.63) is 59.7 Å². The van der Waals surface area contributed by atoms with Gasteiger partial charge in [-0.2, -0.15) is 0 Å². The third-order valence-electron chi connectivity index (χ3n) is 3.79. The second-order valence-electron chi connectivity index (χ2n) is 6.13. The van der Waals surface area contributed by atoms with Gasteiger partial charge in [-0.25, -0.2) is 8.42 Å². The summed E-state index contributed by atoms with van der Waals surface area (Å²) in [6, 6.07) is 13.3. The molecule has 25 heavy (non-hydrogen) atoms. The maximum Gasteiger partial charge on any atom is 0.261 e. The van der Waals surface area contributed by atoms with Crippen molar-refractivity contribution in [1.82, 2.24) is 5.32 Å². The molecule has 0 aliphatic rings. The van der Waals surface area contributed by atoms with E-state index < -0.39 is 10.0 Å². The van der Waals surface area contributed by atoms with Crippen LogP contribution in [-0.4, -0.2) is 20.9 Å². The third kappa shape index (κ3) is 4.82. The van der Waals surface area contributed by atoms with E-state index in [0.29, 0.717) is 17.8 Å². The van der Waals surface area contributed by atoms with Crippen molar-refractivity contribution < 1.29 is 13.2 Å². The minimum absolute atomic E-state index is 0.123. The smallest absolute Gasteiger partial charge is 0.261 e. The van der Waals surface area contributed by atoms with Gasteiger partial charge >= 0.3 is 0 Å². The Labute approximate surface area is 149 Å². The lowest BCUT2D eigenvalue weighted by Gasteiger charge is -2.15. The van der Waals surface area contributed by atoms with Crippen molar-refractivity contribution in [1.29, 1.82) is 0 Å². The zero-order valence-corrected chi connectivity index (χ0v) is 15.6. The van der Waals surface area contributed by atoms with Crippen LogP contribution in [0.2, 0.25) is 0 Å². The van der Waals surface area contributed by atoms with Crippen LogP contribution in [-0.2, 0) is 10.0 Å². The van der Waals surface area contributed by atoms with Crippen LogP contribution >= 0.6 is 0 Å². The Morgan fingerprint density at radius 3 is 2.28 bits per heavy atom. The van der Waals surface area contributed by atoms with Crippen LogP contribution < -0.4 is 10.0 Å². The average Bonchev–Trinajstić information content (AvgIpc) is 2.59. The number of hydrogen-bond acceptors (Lipinski definition) is 3. The van der Waals surface area contributed by atoms with Crippen LogP contribution in [0.1, 0.15) is 49.0 Å². The van der Waals surface area contributed by atoms with Gasteiger partial charge in [-0.15, -0.1) is 0 Å². The summed E-state index contributed by atoms with van der Waals surface area (Å²) in [6.45, 7) is 6.58. The summed E-state index contributed by atoms with van der Waals surface area (Å²) in [4.78, 5) is 12.0. The van der Waals surface area contributed by atoms with Crippen molar-refractivity contribution in [3.63, 3.8) is 0 Å². The number of hydrogen-bond donors (Lipinski definition) is 2. The lowest BCUT2D eigenvalue weighted by Crippen LogP contribution is -2.24. The molecule has 0 fully saturated rings. The number of amides is 1. The average molecular weight is 360 g/mol. The summed E-state index contributed by atoms with van der Waals surface area (Å²) in [5, 5.41) is 2.76. The van der Waals surface area contributed by atoms with Gasteiger partial charge in [-0.1, -0.05) is 39.0 Å². The second-order valence-corrected chi connectivity index (χ2v) is 7.81. The molecule has 5 nitrogen and oxygen atoms in total. The van der Waals surface area contributed by atoms with Gasteiger partial charge in [0.05, 0.1) is 10.6 Å². The zero-order valence-electron chi connectivity index (χ0n) is 14.7. The third-order valence-corrected chi connectivity index (χ3v) is 5.17. The van der Waals surface area contributed by atoms with Gasteiger partial charge in [0, 0.05) is 12.1 Å². The van der Waals surface area contributed by atoms with Gasteiger partial charge < -0.3 is 5.32 Å². The van der Waals surface area contributed by atoms with Crippen molar-refractivity contribution in [2.75, 3.05) is 11.3 Å². The number of rotatable bonds is 7. The first-order chi connectivity index (χ1) is 11.8. The maximum atomic E-state index is 12.6. The van der Waals surface area contributed by atoms with Gasteiger partial charge in [0.2, 0.25) is 0 Å². The Balaban J connectivity index is 2.22. The minimum atomic E-state index is -3.71. The fourth-order valence-electron chi connectivity index (χ4n) is 2.42. The molecule has 0 heterocycles. The molecule has 0 atom stereocenters. The molecule has 0 radical (unpaired) electrons. The molecule has 0 spiro atoms. The Morgan fingerprint density at radius 1 is 1.04 bits per heavy atom. The van der Waals surface area contributed by atoms with Crippen molar-refractivity contribution in [2.24, 2.45) is 0 Å². The fraction of sp³-hybridized carbons (Fsp3) is 0.316. The van der Waals surface area contributed by atoms with Crippen molar-refractivity contribution in [3.8, 4) is 0 Å². The molecule has 0 bridgehead atoms. The predicted octanol–water partition coefficient (Wildman–Crippen LogP) is 3.75. The van der Waals surface area contributed by atoms with Crippen molar-refractivity contribution >= 4 is 21.6 Å². The molecule has 1 amide bonds. The van der Waals surface area contributed by atoms with E-state index in [-0.39, 0.29) is 16.7 Å². The van der Waals surface area contributed by atoms with E-state index in [0.717, 1.165) is 12.0 Å². The largest absolute Gasteiger partial charge is 0.352 e. The van der Waals surface area contributed by atoms with E-state index in [1.54, 1.807) is 12.1 Å². The summed E-state index contributed by atoms with van der Waals surface area (Å²) in [6.07, 6.45) is 0.845. The molecule has 0 aliphatic heterocycles. The summed E-state index contributed by atoms with van der Waals surface area (Å²) in [5.74, 6) is -0.00699. The van der Waals surface area contributed by atoms with Crippen molar-refractivity contribution in [2.45, 2.75) is 38.0 Å².